The van der Waals surface area contributed by atoms with Crippen molar-refractivity contribution in [2.45, 2.75) is 26.1 Å². The van der Waals surface area contributed by atoms with Gasteiger partial charge in [0.2, 0.25) is 11.8 Å². The third kappa shape index (κ3) is 3.15. The Morgan fingerprint density at radius 3 is 2.56 bits per heavy atom. The molecule has 7 rings (SSSR count). The Labute approximate surface area is 201 Å². The molecule has 0 amide bonds. The summed E-state index contributed by atoms with van der Waals surface area (Å²) < 4.78 is 30.9. The van der Waals surface area contributed by atoms with E-state index in [9.17, 15) is 8.42 Å². The highest BCUT2D eigenvalue weighted by atomic mass is 35.5. The Morgan fingerprint density at radius 1 is 1.09 bits per heavy atom. The van der Waals surface area contributed by atoms with Crippen LogP contribution in [0.15, 0.2) is 22.7 Å². The number of rotatable bonds is 3. The van der Waals surface area contributed by atoms with Crippen molar-refractivity contribution in [3.63, 3.8) is 0 Å². The maximum absolute atomic E-state index is 11.8. The summed E-state index contributed by atoms with van der Waals surface area (Å²) in [5.41, 5.74) is 2.25. The first-order chi connectivity index (χ1) is 16.3. The van der Waals surface area contributed by atoms with Crippen LogP contribution in [0.3, 0.4) is 0 Å². The fourth-order valence-electron chi connectivity index (χ4n) is 5.65. The Hall–Kier alpha value is -2.70. The van der Waals surface area contributed by atoms with Crippen LogP contribution in [0, 0.1) is 12.3 Å². The first-order valence-electron chi connectivity index (χ1n) is 11.3. The number of aryl methyl sites for hydroxylation is 1. The van der Waals surface area contributed by atoms with Crippen LogP contribution in [0.1, 0.15) is 17.3 Å². The first kappa shape index (κ1) is 20.7. The van der Waals surface area contributed by atoms with E-state index in [0.29, 0.717) is 30.0 Å². The normalized spacial score (nSPS) is 23.0. The van der Waals surface area contributed by atoms with Crippen LogP contribution in [-0.4, -0.2) is 81.9 Å². The summed E-state index contributed by atoms with van der Waals surface area (Å²) in [6.07, 6.45) is 0. The van der Waals surface area contributed by atoms with Gasteiger partial charge in [0.15, 0.2) is 15.7 Å². The lowest BCUT2D eigenvalue weighted by molar-refractivity contribution is 0.151. The van der Waals surface area contributed by atoms with E-state index >= 15 is 0 Å². The maximum atomic E-state index is 11.8. The zero-order valence-corrected chi connectivity index (χ0v) is 20.1. The van der Waals surface area contributed by atoms with Gasteiger partial charge in [-0.25, -0.2) is 8.42 Å². The van der Waals surface area contributed by atoms with Gasteiger partial charge in [0.05, 0.1) is 23.7 Å². The molecule has 0 N–H and O–H groups in total. The molecule has 1 spiro atoms. The Kier molecular flexibility index (Phi) is 4.21. The molecule has 0 unspecified atom stereocenters. The van der Waals surface area contributed by atoms with Crippen LogP contribution >= 0.6 is 11.6 Å². The second kappa shape index (κ2) is 6.92. The molecule has 4 aliphatic heterocycles. The number of halogens is 1. The van der Waals surface area contributed by atoms with Gasteiger partial charge in [0, 0.05) is 56.1 Å². The van der Waals surface area contributed by atoms with E-state index in [-0.39, 0.29) is 23.0 Å². The monoisotopic (exact) mass is 502 g/mol. The standard InChI is InChI=1S/C21H23ClN8O3S/c1-13-23-19(26-33-13)28-9-21(10-28)11-29(12-21)20-25-24-18-6-27(16-7-34(31,32)8-16)5-14-4-15(22)2-3-17(14)30(18)20/h2-4,16H,5-12H2,1H3. The first-order valence-corrected chi connectivity index (χ1v) is 13.5. The van der Waals surface area contributed by atoms with Crippen LogP contribution in [0.4, 0.5) is 11.9 Å². The molecule has 6 heterocycles. The summed E-state index contributed by atoms with van der Waals surface area (Å²) in [6, 6.07) is 5.84. The number of fused-ring (bicyclic) bond motifs is 3. The summed E-state index contributed by atoms with van der Waals surface area (Å²) in [5, 5.41) is 13.8. The van der Waals surface area contributed by atoms with Crippen molar-refractivity contribution in [1.82, 2.24) is 29.8 Å². The molecular formula is C21H23ClN8O3S. The van der Waals surface area contributed by atoms with Gasteiger partial charge in [0.1, 0.15) is 0 Å². The highest BCUT2D eigenvalue weighted by molar-refractivity contribution is 7.92. The van der Waals surface area contributed by atoms with E-state index in [1.807, 2.05) is 18.2 Å². The summed E-state index contributed by atoms with van der Waals surface area (Å²) >= 11 is 6.33. The smallest absolute Gasteiger partial charge is 0.266 e. The molecule has 0 bridgehead atoms. The van der Waals surface area contributed by atoms with Crippen LogP contribution in [0.2, 0.25) is 5.02 Å². The summed E-state index contributed by atoms with van der Waals surface area (Å²) in [7, 11) is -2.93. The lowest BCUT2D eigenvalue weighted by atomic mass is 9.73. The number of sulfone groups is 1. The van der Waals surface area contributed by atoms with E-state index in [1.54, 1.807) is 6.92 Å². The molecule has 178 valence electrons. The average Bonchev–Trinajstić information content (AvgIpc) is 3.26. The lowest BCUT2D eigenvalue weighted by Gasteiger charge is -2.59. The van der Waals surface area contributed by atoms with Crippen LogP contribution in [0.5, 0.6) is 0 Å². The van der Waals surface area contributed by atoms with Gasteiger partial charge in [-0.05, 0) is 28.9 Å². The molecule has 4 aliphatic rings. The predicted molar refractivity (Wildman–Crippen MR) is 124 cm³/mol. The van der Waals surface area contributed by atoms with Gasteiger partial charge in [-0.3, -0.25) is 9.47 Å². The highest BCUT2D eigenvalue weighted by Gasteiger charge is 2.54. The van der Waals surface area contributed by atoms with Crippen LogP contribution in [-0.2, 0) is 22.9 Å². The van der Waals surface area contributed by atoms with Gasteiger partial charge < -0.3 is 14.3 Å². The number of nitrogens with zero attached hydrogens (tertiary/aromatic N) is 8. The fraction of sp³-hybridized carbons (Fsp3) is 0.524. The third-order valence-corrected chi connectivity index (χ3v) is 9.33. The Morgan fingerprint density at radius 2 is 1.85 bits per heavy atom. The Bertz CT molecular complexity index is 1390. The molecule has 0 saturated carbocycles. The van der Waals surface area contributed by atoms with Crippen molar-refractivity contribution in [2.24, 2.45) is 5.41 Å². The van der Waals surface area contributed by atoms with Crippen molar-refractivity contribution < 1.29 is 12.9 Å². The molecule has 3 fully saturated rings. The fourth-order valence-corrected chi connectivity index (χ4v) is 7.34. The lowest BCUT2D eigenvalue weighted by Crippen LogP contribution is -2.73. The van der Waals surface area contributed by atoms with E-state index in [4.69, 9.17) is 16.1 Å². The molecule has 0 atom stereocenters. The molecular weight excluding hydrogens is 480 g/mol. The van der Waals surface area contributed by atoms with Gasteiger partial charge in [-0.2, -0.15) is 4.98 Å². The van der Waals surface area contributed by atoms with Gasteiger partial charge in [-0.1, -0.05) is 11.6 Å². The van der Waals surface area contributed by atoms with Crippen molar-refractivity contribution in [3.8, 4) is 5.69 Å². The van der Waals surface area contributed by atoms with Crippen molar-refractivity contribution in [2.75, 3.05) is 47.5 Å². The molecule has 13 heteroatoms. The van der Waals surface area contributed by atoms with Crippen molar-refractivity contribution in [1.29, 1.82) is 0 Å². The number of hydrogen-bond acceptors (Lipinski definition) is 10. The highest BCUT2D eigenvalue weighted by Crippen LogP contribution is 2.44. The molecule has 0 aliphatic carbocycles. The molecule has 2 aromatic heterocycles. The van der Waals surface area contributed by atoms with Crippen molar-refractivity contribution in [3.05, 3.63) is 40.5 Å². The zero-order valence-electron chi connectivity index (χ0n) is 18.6. The summed E-state index contributed by atoms with van der Waals surface area (Å²) in [5.74, 6) is 3.25. The zero-order chi connectivity index (χ0) is 23.2. The van der Waals surface area contributed by atoms with E-state index < -0.39 is 9.84 Å². The van der Waals surface area contributed by atoms with Gasteiger partial charge in [-0.15, -0.1) is 10.2 Å². The molecule has 1 aromatic carbocycles. The Balaban J connectivity index is 1.15. The van der Waals surface area contributed by atoms with Crippen LogP contribution < -0.4 is 9.80 Å². The number of anilines is 2. The van der Waals surface area contributed by atoms with Crippen LogP contribution in [0.25, 0.3) is 5.69 Å². The SMILES string of the molecule is Cc1nc(N2CC3(C2)CN(c2nnc4n2-c2ccc(Cl)cc2CN(C2CS(=O)(=O)C2)C4)C3)no1. The minimum Gasteiger partial charge on any atom is -0.339 e. The maximum Gasteiger partial charge on any atom is 0.266 e. The minimum atomic E-state index is -2.93. The summed E-state index contributed by atoms with van der Waals surface area (Å²) in [4.78, 5) is 10.9. The third-order valence-electron chi connectivity index (χ3n) is 7.31. The van der Waals surface area contributed by atoms with Crippen molar-refractivity contribution >= 4 is 33.3 Å². The number of benzene rings is 1. The topological polar surface area (TPSA) is 113 Å². The predicted octanol–water partition coefficient (Wildman–Crippen LogP) is 1.05. The minimum absolute atomic E-state index is 0.00875. The van der Waals surface area contributed by atoms with E-state index in [1.165, 1.54) is 0 Å². The second-order valence-electron chi connectivity index (χ2n) is 9.99. The quantitative estimate of drug-likeness (QED) is 0.514. The molecule has 11 nitrogen and oxygen atoms in total. The number of aromatic nitrogens is 5. The molecule has 3 saturated heterocycles. The van der Waals surface area contributed by atoms with E-state index in [2.05, 4.69) is 39.6 Å². The largest absolute Gasteiger partial charge is 0.339 e. The van der Waals surface area contributed by atoms with Gasteiger partial charge >= 0.3 is 0 Å². The summed E-state index contributed by atoms with van der Waals surface area (Å²) in [6.45, 7) is 6.51. The van der Waals surface area contributed by atoms with E-state index in [0.717, 1.165) is 49.2 Å². The number of hydrogen-bond donors (Lipinski definition) is 0. The molecule has 34 heavy (non-hydrogen) atoms. The average molecular weight is 503 g/mol. The second-order valence-corrected chi connectivity index (χ2v) is 12.6. The molecule has 0 radical (unpaired) electrons. The molecule has 3 aromatic rings. The van der Waals surface area contributed by atoms with Gasteiger partial charge in [0.25, 0.3) is 5.95 Å².